The molecule has 0 unspecified atom stereocenters. The van der Waals surface area contributed by atoms with Crippen molar-refractivity contribution in [2.75, 3.05) is 6.61 Å². The number of hydrogen-bond acceptors (Lipinski definition) is 2. The summed E-state index contributed by atoms with van der Waals surface area (Å²) in [6.07, 6.45) is 0. The predicted octanol–water partition coefficient (Wildman–Crippen LogP) is 2.33. The van der Waals surface area contributed by atoms with Crippen molar-refractivity contribution >= 4 is 0 Å². The molecule has 0 heterocycles. The van der Waals surface area contributed by atoms with E-state index in [0.717, 1.165) is 5.56 Å². The first-order valence-electron chi connectivity index (χ1n) is 5.17. The van der Waals surface area contributed by atoms with E-state index < -0.39 is 0 Å². The van der Waals surface area contributed by atoms with Crippen molar-refractivity contribution in [2.45, 2.75) is 26.5 Å². The molecule has 84 valence electrons. The van der Waals surface area contributed by atoms with Crippen LogP contribution in [0.2, 0.25) is 0 Å². The quantitative estimate of drug-likeness (QED) is 0.811. The van der Waals surface area contributed by atoms with Crippen molar-refractivity contribution < 1.29 is 9.13 Å². The Morgan fingerprint density at radius 3 is 2.40 bits per heavy atom. The number of ether oxygens (including phenoxy) is 1. The van der Waals surface area contributed by atoms with Crippen molar-refractivity contribution in [1.29, 1.82) is 0 Å². The van der Waals surface area contributed by atoms with E-state index in [0.29, 0.717) is 19.1 Å². The maximum absolute atomic E-state index is 12.6. The molecule has 1 aromatic rings. The third-order valence-corrected chi connectivity index (χ3v) is 2.35. The molecule has 0 saturated carbocycles. The van der Waals surface area contributed by atoms with Crippen molar-refractivity contribution in [1.82, 2.24) is 0 Å². The number of halogens is 1. The van der Waals surface area contributed by atoms with E-state index in [2.05, 4.69) is 13.8 Å². The fourth-order valence-corrected chi connectivity index (χ4v) is 1.09. The minimum Gasteiger partial charge on any atom is -0.375 e. The van der Waals surface area contributed by atoms with Crippen LogP contribution in [0, 0.1) is 11.7 Å². The molecule has 0 spiro atoms. The fourth-order valence-electron chi connectivity index (χ4n) is 1.09. The predicted molar refractivity (Wildman–Crippen MR) is 58.9 cm³/mol. The Bertz CT molecular complexity index is 284. The third kappa shape index (κ3) is 4.40. The van der Waals surface area contributed by atoms with E-state index in [1.165, 1.54) is 12.1 Å². The maximum atomic E-state index is 12.6. The van der Waals surface area contributed by atoms with E-state index in [1.807, 2.05) is 0 Å². The van der Waals surface area contributed by atoms with Crippen molar-refractivity contribution in [2.24, 2.45) is 11.7 Å². The van der Waals surface area contributed by atoms with Gasteiger partial charge in [-0.15, -0.1) is 0 Å². The largest absolute Gasteiger partial charge is 0.375 e. The molecular formula is C12H18FNO. The van der Waals surface area contributed by atoms with Gasteiger partial charge < -0.3 is 10.5 Å². The number of hydrogen-bond donors (Lipinski definition) is 1. The number of nitrogens with two attached hydrogens (primary N) is 1. The second kappa shape index (κ2) is 5.83. The smallest absolute Gasteiger partial charge is 0.123 e. The van der Waals surface area contributed by atoms with Crippen LogP contribution in [0.25, 0.3) is 0 Å². The zero-order valence-corrected chi connectivity index (χ0v) is 9.24. The van der Waals surface area contributed by atoms with Crippen LogP contribution < -0.4 is 5.73 Å². The van der Waals surface area contributed by atoms with Crippen LogP contribution in [0.15, 0.2) is 24.3 Å². The van der Waals surface area contributed by atoms with Gasteiger partial charge in [-0.3, -0.25) is 0 Å². The monoisotopic (exact) mass is 211 g/mol. The summed E-state index contributed by atoms with van der Waals surface area (Å²) in [5.41, 5.74) is 6.78. The lowest BCUT2D eigenvalue weighted by molar-refractivity contribution is 0.0973. The van der Waals surface area contributed by atoms with Gasteiger partial charge in [0, 0.05) is 6.04 Å². The molecule has 15 heavy (non-hydrogen) atoms. The maximum Gasteiger partial charge on any atom is 0.123 e. The van der Waals surface area contributed by atoms with E-state index in [-0.39, 0.29) is 11.9 Å². The second-order valence-electron chi connectivity index (χ2n) is 4.05. The van der Waals surface area contributed by atoms with Gasteiger partial charge in [0.25, 0.3) is 0 Å². The lowest BCUT2D eigenvalue weighted by Gasteiger charge is -2.15. The lowest BCUT2D eigenvalue weighted by Crippen LogP contribution is -2.31. The van der Waals surface area contributed by atoms with Crippen LogP contribution in [0.4, 0.5) is 4.39 Å². The van der Waals surface area contributed by atoms with E-state index in [4.69, 9.17) is 10.5 Å². The fraction of sp³-hybridized carbons (Fsp3) is 0.500. The van der Waals surface area contributed by atoms with Gasteiger partial charge >= 0.3 is 0 Å². The summed E-state index contributed by atoms with van der Waals surface area (Å²) in [6.45, 7) is 5.15. The highest BCUT2D eigenvalue weighted by atomic mass is 19.1. The van der Waals surface area contributed by atoms with Crippen LogP contribution in [0.5, 0.6) is 0 Å². The van der Waals surface area contributed by atoms with Crippen molar-refractivity contribution in [3.05, 3.63) is 35.6 Å². The summed E-state index contributed by atoms with van der Waals surface area (Å²) < 4.78 is 18.0. The molecule has 0 aliphatic carbocycles. The molecule has 0 bridgehead atoms. The minimum atomic E-state index is -0.224. The van der Waals surface area contributed by atoms with Gasteiger partial charge in [-0.2, -0.15) is 0 Å². The first kappa shape index (κ1) is 12.1. The Balaban J connectivity index is 2.29. The Kier molecular flexibility index (Phi) is 4.72. The van der Waals surface area contributed by atoms with Crippen LogP contribution in [0.1, 0.15) is 19.4 Å². The van der Waals surface area contributed by atoms with E-state index in [9.17, 15) is 4.39 Å². The molecule has 1 atom stereocenters. The molecule has 1 rings (SSSR count). The van der Waals surface area contributed by atoms with E-state index in [1.54, 1.807) is 12.1 Å². The average Bonchev–Trinajstić information content (AvgIpc) is 2.20. The summed E-state index contributed by atoms with van der Waals surface area (Å²) in [4.78, 5) is 0. The molecule has 1 aromatic carbocycles. The SMILES string of the molecule is CC(C)[C@H](N)COCc1ccc(F)cc1. The van der Waals surface area contributed by atoms with Crippen LogP contribution in [-0.4, -0.2) is 12.6 Å². The molecule has 0 aromatic heterocycles. The average molecular weight is 211 g/mol. The molecule has 0 saturated heterocycles. The van der Waals surface area contributed by atoms with Gasteiger partial charge in [-0.05, 0) is 23.6 Å². The standard InChI is InChI=1S/C12H18FNO/c1-9(2)12(14)8-15-7-10-3-5-11(13)6-4-10/h3-6,9,12H,7-8,14H2,1-2H3/t12-/m1/s1. The molecular weight excluding hydrogens is 193 g/mol. The van der Waals surface area contributed by atoms with Gasteiger partial charge in [0.2, 0.25) is 0 Å². The molecule has 0 aliphatic heterocycles. The third-order valence-electron chi connectivity index (χ3n) is 2.35. The molecule has 3 heteroatoms. The summed E-state index contributed by atoms with van der Waals surface area (Å²) in [5, 5.41) is 0. The molecule has 2 N–H and O–H groups in total. The van der Waals surface area contributed by atoms with Crippen LogP contribution >= 0.6 is 0 Å². The first-order chi connectivity index (χ1) is 7.09. The summed E-state index contributed by atoms with van der Waals surface area (Å²) in [5.74, 6) is 0.191. The first-order valence-corrected chi connectivity index (χ1v) is 5.17. The second-order valence-corrected chi connectivity index (χ2v) is 4.05. The molecule has 0 radical (unpaired) electrons. The Morgan fingerprint density at radius 2 is 1.87 bits per heavy atom. The molecule has 0 fully saturated rings. The minimum absolute atomic E-state index is 0.0606. The van der Waals surface area contributed by atoms with Gasteiger partial charge in [0.15, 0.2) is 0 Å². The van der Waals surface area contributed by atoms with Crippen molar-refractivity contribution in [3.63, 3.8) is 0 Å². The molecule has 0 amide bonds. The Labute approximate surface area is 90.2 Å². The highest BCUT2D eigenvalue weighted by molar-refractivity contribution is 5.14. The Hall–Kier alpha value is -0.930. The summed E-state index contributed by atoms with van der Waals surface area (Å²) >= 11 is 0. The normalized spacial score (nSPS) is 13.1. The number of rotatable bonds is 5. The van der Waals surface area contributed by atoms with Gasteiger partial charge in [0.05, 0.1) is 13.2 Å². The van der Waals surface area contributed by atoms with Crippen LogP contribution in [-0.2, 0) is 11.3 Å². The zero-order valence-electron chi connectivity index (χ0n) is 9.24. The Morgan fingerprint density at radius 1 is 1.27 bits per heavy atom. The zero-order chi connectivity index (χ0) is 11.3. The number of benzene rings is 1. The van der Waals surface area contributed by atoms with Crippen molar-refractivity contribution in [3.8, 4) is 0 Å². The summed E-state index contributed by atoms with van der Waals surface area (Å²) in [7, 11) is 0. The topological polar surface area (TPSA) is 35.2 Å². The van der Waals surface area contributed by atoms with Gasteiger partial charge in [0.1, 0.15) is 5.82 Å². The van der Waals surface area contributed by atoms with Gasteiger partial charge in [-0.1, -0.05) is 26.0 Å². The lowest BCUT2D eigenvalue weighted by atomic mass is 10.1. The molecule has 0 aliphatic rings. The molecule has 2 nitrogen and oxygen atoms in total. The summed E-state index contributed by atoms with van der Waals surface area (Å²) in [6, 6.07) is 6.36. The highest BCUT2D eigenvalue weighted by Crippen LogP contribution is 2.05. The van der Waals surface area contributed by atoms with E-state index >= 15 is 0 Å². The highest BCUT2D eigenvalue weighted by Gasteiger charge is 2.07. The van der Waals surface area contributed by atoms with Gasteiger partial charge in [-0.25, -0.2) is 4.39 Å². The van der Waals surface area contributed by atoms with Crippen LogP contribution in [0.3, 0.4) is 0 Å².